The molecule has 1 N–H and O–H groups in total. The maximum atomic E-state index is 12.0. The Bertz CT molecular complexity index is 733. The Kier molecular flexibility index (Phi) is 10.9. The summed E-state index contributed by atoms with van der Waals surface area (Å²) in [6.45, 7) is 8.98. The monoisotopic (exact) mass is 563 g/mol. The highest BCUT2D eigenvalue weighted by atomic mass is 127. The van der Waals surface area contributed by atoms with Gasteiger partial charge < -0.3 is 19.7 Å². The van der Waals surface area contributed by atoms with E-state index in [1.165, 1.54) is 5.56 Å². The van der Waals surface area contributed by atoms with Crippen molar-refractivity contribution in [3.8, 4) is 0 Å². The van der Waals surface area contributed by atoms with E-state index in [1.54, 1.807) is 0 Å². The van der Waals surface area contributed by atoms with E-state index in [-0.39, 0.29) is 41.3 Å². The highest BCUT2D eigenvalue weighted by Gasteiger charge is 2.35. The fourth-order valence-corrected chi connectivity index (χ4v) is 4.55. The summed E-state index contributed by atoms with van der Waals surface area (Å²) in [7, 11) is 0. The summed E-state index contributed by atoms with van der Waals surface area (Å²) in [6, 6.07) is 8.16. The highest BCUT2D eigenvalue weighted by Crippen LogP contribution is 2.36. The smallest absolute Gasteiger partial charge is 0.309 e. The third-order valence-electron chi connectivity index (χ3n) is 6.17. The van der Waals surface area contributed by atoms with Gasteiger partial charge in [0.25, 0.3) is 0 Å². The number of nitrogens with zero attached hydrogens (tertiary/aromatic N) is 2. The van der Waals surface area contributed by atoms with Crippen LogP contribution in [0.25, 0.3) is 0 Å². The number of hydrogen-bond acceptors (Lipinski definition) is 4. The number of aliphatic imine (C=N–C) groups is 1. The van der Waals surface area contributed by atoms with Crippen LogP contribution in [0.4, 0.5) is 0 Å². The number of benzene rings is 1. The van der Waals surface area contributed by atoms with Gasteiger partial charge in [0, 0.05) is 43.3 Å². The molecular weight excluding hydrogens is 529 g/mol. The number of rotatable bonds is 6. The molecule has 0 aromatic heterocycles. The summed E-state index contributed by atoms with van der Waals surface area (Å²) >= 11 is 6.30. The van der Waals surface area contributed by atoms with Crippen molar-refractivity contribution >= 4 is 47.5 Å². The van der Waals surface area contributed by atoms with Crippen molar-refractivity contribution in [1.82, 2.24) is 10.2 Å². The third-order valence-corrected chi connectivity index (χ3v) is 6.40. The molecule has 2 fully saturated rings. The molecule has 0 unspecified atom stereocenters. The van der Waals surface area contributed by atoms with Crippen LogP contribution in [0.15, 0.2) is 29.3 Å². The maximum Gasteiger partial charge on any atom is 0.309 e. The quantitative estimate of drug-likeness (QED) is 0.243. The number of guanidine groups is 1. The number of hydrogen-bond donors (Lipinski definition) is 1. The lowest BCUT2D eigenvalue weighted by atomic mass is 9.74. The van der Waals surface area contributed by atoms with E-state index in [9.17, 15) is 4.79 Å². The van der Waals surface area contributed by atoms with Gasteiger partial charge in [0.2, 0.25) is 0 Å². The predicted octanol–water partition coefficient (Wildman–Crippen LogP) is 4.25. The van der Waals surface area contributed by atoms with Crippen molar-refractivity contribution in [1.29, 1.82) is 0 Å². The van der Waals surface area contributed by atoms with Crippen LogP contribution < -0.4 is 5.32 Å². The van der Waals surface area contributed by atoms with Gasteiger partial charge in [-0.3, -0.25) is 9.79 Å². The molecule has 2 heterocycles. The summed E-state index contributed by atoms with van der Waals surface area (Å²) in [4.78, 5) is 19.4. The molecule has 2 aliphatic rings. The molecule has 8 heteroatoms. The van der Waals surface area contributed by atoms with E-state index in [4.69, 9.17) is 26.1 Å². The number of nitrogens with one attached hydrogen (secondary N) is 1. The number of carbonyl (C=O) groups is 1. The highest BCUT2D eigenvalue weighted by molar-refractivity contribution is 14.0. The summed E-state index contributed by atoms with van der Waals surface area (Å²) in [5, 5.41) is 4.20. The zero-order valence-electron chi connectivity index (χ0n) is 18.6. The Labute approximate surface area is 208 Å². The summed E-state index contributed by atoms with van der Waals surface area (Å²) in [6.07, 6.45) is 3.47. The third kappa shape index (κ3) is 6.96. The van der Waals surface area contributed by atoms with Gasteiger partial charge in [-0.05, 0) is 57.2 Å². The summed E-state index contributed by atoms with van der Waals surface area (Å²) in [5.74, 6) is 0.853. The first-order valence-corrected chi connectivity index (χ1v) is 11.5. The van der Waals surface area contributed by atoms with Crippen molar-refractivity contribution < 1.29 is 14.3 Å². The lowest BCUT2D eigenvalue weighted by Gasteiger charge is -2.38. The Morgan fingerprint density at radius 3 is 2.61 bits per heavy atom. The molecule has 31 heavy (non-hydrogen) atoms. The molecule has 1 aromatic rings. The van der Waals surface area contributed by atoms with Gasteiger partial charge >= 0.3 is 5.97 Å². The number of halogens is 2. The first-order chi connectivity index (χ1) is 14.6. The minimum atomic E-state index is -0.0683. The van der Waals surface area contributed by atoms with E-state index in [1.807, 2.05) is 19.1 Å². The van der Waals surface area contributed by atoms with Gasteiger partial charge in [-0.1, -0.05) is 23.7 Å². The molecule has 174 valence electrons. The van der Waals surface area contributed by atoms with E-state index in [2.05, 4.69) is 29.3 Å². The molecule has 3 rings (SSSR count). The molecule has 0 saturated carbocycles. The average molecular weight is 564 g/mol. The van der Waals surface area contributed by atoms with Crippen LogP contribution in [0.2, 0.25) is 5.02 Å². The minimum absolute atomic E-state index is 0. The summed E-state index contributed by atoms with van der Waals surface area (Å²) < 4.78 is 10.8. The van der Waals surface area contributed by atoms with Gasteiger partial charge in [-0.25, -0.2) is 0 Å². The van der Waals surface area contributed by atoms with E-state index >= 15 is 0 Å². The largest absolute Gasteiger partial charge is 0.466 e. The second-order valence-corrected chi connectivity index (χ2v) is 8.52. The molecule has 0 amide bonds. The van der Waals surface area contributed by atoms with Gasteiger partial charge in [0.05, 0.1) is 19.1 Å². The Hall–Kier alpha value is -1.06. The average Bonchev–Trinajstić information content (AvgIpc) is 2.77. The number of piperidine rings is 1. The first-order valence-electron chi connectivity index (χ1n) is 11.1. The lowest BCUT2D eigenvalue weighted by Crippen LogP contribution is -2.47. The number of ether oxygens (including phenoxy) is 2. The van der Waals surface area contributed by atoms with Gasteiger partial charge in [0.1, 0.15) is 0 Å². The molecule has 0 atom stereocenters. The molecule has 2 saturated heterocycles. The van der Waals surface area contributed by atoms with E-state index < -0.39 is 0 Å². The van der Waals surface area contributed by atoms with Crippen molar-refractivity contribution in [2.75, 3.05) is 46.0 Å². The van der Waals surface area contributed by atoms with Crippen molar-refractivity contribution in [3.63, 3.8) is 0 Å². The predicted molar refractivity (Wildman–Crippen MR) is 136 cm³/mol. The SMILES string of the molecule is CCNC(=NCC1(c2cccc(Cl)c2)CCOCC1)N1CCC(C(=O)OCC)CC1.I. The molecule has 0 aliphatic carbocycles. The molecule has 0 spiro atoms. The fourth-order valence-electron chi connectivity index (χ4n) is 4.36. The van der Waals surface area contributed by atoms with Crippen LogP contribution in [0.5, 0.6) is 0 Å². The standard InChI is InChI=1S/C23H34ClN3O3.HI/c1-3-25-22(27-12-8-18(9-13-27)21(28)30-4-2)26-17-23(10-14-29-15-11-23)19-6-5-7-20(24)16-19;/h5-7,16,18H,3-4,8-15,17H2,1-2H3,(H,25,26);1H. The second kappa shape index (κ2) is 12.8. The fraction of sp³-hybridized carbons (Fsp3) is 0.652. The van der Waals surface area contributed by atoms with Crippen LogP contribution in [-0.4, -0.2) is 62.8 Å². The van der Waals surface area contributed by atoms with Crippen molar-refractivity contribution in [3.05, 3.63) is 34.9 Å². The minimum Gasteiger partial charge on any atom is -0.466 e. The molecule has 2 aliphatic heterocycles. The normalized spacial score (nSPS) is 19.5. The number of likely N-dealkylation sites (tertiary alicyclic amines) is 1. The van der Waals surface area contributed by atoms with Gasteiger partial charge in [-0.2, -0.15) is 0 Å². The van der Waals surface area contributed by atoms with Crippen LogP contribution >= 0.6 is 35.6 Å². The van der Waals surface area contributed by atoms with Gasteiger partial charge in [-0.15, -0.1) is 24.0 Å². The number of esters is 1. The van der Waals surface area contributed by atoms with E-state index in [0.29, 0.717) is 13.2 Å². The Morgan fingerprint density at radius 1 is 1.29 bits per heavy atom. The molecular formula is C23H35ClIN3O3. The van der Waals surface area contributed by atoms with Crippen LogP contribution in [0, 0.1) is 5.92 Å². The zero-order chi connectivity index (χ0) is 21.4. The molecule has 1 aromatic carbocycles. The number of carbonyl (C=O) groups excluding carboxylic acids is 1. The van der Waals surface area contributed by atoms with Crippen molar-refractivity contribution in [2.45, 2.75) is 44.9 Å². The molecule has 0 bridgehead atoms. The summed E-state index contributed by atoms with van der Waals surface area (Å²) in [5.41, 5.74) is 1.17. The van der Waals surface area contributed by atoms with Crippen molar-refractivity contribution in [2.24, 2.45) is 10.9 Å². The Balaban J connectivity index is 0.00000341. The molecule has 6 nitrogen and oxygen atoms in total. The van der Waals surface area contributed by atoms with Crippen LogP contribution in [0.3, 0.4) is 0 Å². The van der Waals surface area contributed by atoms with E-state index in [0.717, 1.165) is 69.5 Å². The van der Waals surface area contributed by atoms with Crippen LogP contribution in [0.1, 0.15) is 45.1 Å². The van der Waals surface area contributed by atoms with Crippen LogP contribution in [-0.2, 0) is 19.7 Å². The Morgan fingerprint density at radius 2 is 2.00 bits per heavy atom. The maximum absolute atomic E-state index is 12.0. The van der Waals surface area contributed by atoms with Gasteiger partial charge in [0.15, 0.2) is 5.96 Å². The lowest BCUT2D eigenvalue weighted by molar-refractivity contribution is -0.149. The zero-order valence-corrected chi connectivity index (χ0v) is 21.7. The second-order valence-electron chi connectivity index (χ2n) is 8.09. The first kappa shape index (κ1) is 26.2. The molecule has 0 radical (unpaired) electrons. The topological polar surface area (TPSA) is 63.2 Å².